The fraction of sp³-hybridized carbons (Fsp3) is 0.562. The van der Waals surface area contributed by atoms with Crippen LogP contribution in [-0.4, -0.2) is 49.3 Å². The normalized spacial score (nSPS) is 24.1. The van der Waals surface area contributed by atoms with E-state index in [0.717, 1.165) is 25.9 Å². The van der Waals surface area contributed by atoms with Crippen LogP contribution in [-0.2, 0) is 11.2 Å². The molecule has 2 aliphatic heterocycles. The third kappa shape index (κ3) is 3.36. The van der Waals surface area contributed by atoms with Crippen LogP contribution in [0.1, 0.15) is 18.4 Å². The molecule has 0 unspecified atom stereocenters. The molecule has 1 fully saturated rings. The molecule has 0 bridgehead atoms. The SMILES string of the molecule is O=C(NCCCN1CCc2ccccc21)[C@H]1C[C@@H](O)CN1. The summed E-state index contributed by atoms with van der Waals surface area (Å²) >= 11 is 0. The van der Waals surface area contributed by atoms with E-state index in [2.05, 4.69) is 39.8 Å². The molecule has 21 heavy (non-hydrogen) atoms. The summed E-state index contributed by atoms with van der Waals surface area (Å²) in [7, 11) is 0. The van der Waals surface area contributed by atoms with Crippen LogP contribution in [0.25, 0.3) is 0 Å². The molecule has 0 aliphatic carbocycles. The van der Waals surface area contributed by atoms with Crippen LogP contribution in [0.4, 0.5) is 5.69 Å². The zero-order valence-corrected chi connectivity index (χ0v) is 12.2. The van der Waals surface area contributed by atoms with E-state index in [4.69, 9.17) is 0 Å². The Kier molecular flexibility index (Phi) is 4.41. The van der Waals surface area contributed by atoms with Crippen LogP contribution >= 0.6 is 0 Å². The smallest absolute Gasteiger partial charge is 0.237 e. The first-order valence-corrected chi connectivity index (χ1v) is 7.76. The fourth-order valence-electron chi connectivity index (χ4n) is 3.16. The van der Waals surface area contributed by atoms with E-state index in [0.29, 0.717) is 19.5 Å². The Balaban J connectivity index is 1.38. The van der Waals surface area contributed by atoms with Crippen molar-refractivity contribution >= 4 is 11.6 Å². The molecule has 5 heteroatoms. The number of nitrogens with one attached hydrogen (secondary N) is 2. The summed E-state index contributed by atoms with van der Waals surface area (Å²) in [5.74, 6) is 0.00775. The van der Waals surface area contributed by atoms with Crippen molar-refractivity contribution in [2.45, 2.75) is 31.4 Å². The first kappa shape index (κ1) is 14.4. The van der Waals surface area contributed by atoms with Crippen LogP contribution in [0.5, 0.6) is 0 Å². The van der Waals surface area contributed by atoms with Gasteiger partial charge in [-0.1, -0.05) is 18.2 Å². The number of hydrogen-bond donors (Lipinski definition) is 3. The molecular weight excluding hydrogens is 266 g/mol. The number of carbonyl (C=O) groups is 1. The van der Waals surface area contributed by atoms with Crippen molar-refractivity contribution in [3.63, 3.8) is 0 Å². The highest BCUT2D eigenvalue weighted by Gasteiger charge is 2.27. The topological polar surface area (TPSA) is 64.6 Å². The molecule has 3 rings (SSSR count). The van der Waals surface area contributed by atoms with E-state index in [1.54, 1.807) is 0 Å². The van der Waals surface area contributed by atoms with Crippen molar-refractivity contribution in [3.8, 4) is 0 Å². The average molecular weight is 289 g/mol. The highest BCUT2D eigenvalue weighted by atomic mass is 16.3. The van der Waals surface area contributed by atoms with Gasteiger partial charge in [0.15, 0.2) is 0 Å². The third-order valence-corrected chi connectivity index (χ3v) is 4.31. The highest BCUT2D eigenvalue weighted by molar-refractivity contribution is 5.82. The summed E-state index contributed by atoms with van der Waals surface area (Å²) in [6.45, 7) is 3.25. The summed E-state index contributed by atoms with van der Waals surface area (Å²) in [6, 6.07) is 8.30. The standard InChI is InChI=1S/C16H23N3O2/c20-13-10-14(18-11-13)16(21)17-7-3-8-19-9-6-12-4-1-2-5-15(12)19/h1-2,4-5,13-14,18,20H,3,6-11H2,(H,17,21)/t13-,14-/m1/s1. The van der Waals surface area contributed by atoms with Gasteiger partial charge >= 0.3 is 0 Å². The van der Waals surface area contributed by atoms with Gasteiger partial charge in [-0.05, 0) is 30.9 Å². The Bertz CT molecular complexity index is 506. The van der Waals surface area contributed by atoms with Gasteiger partial charge in [-0.2, -0.15) is 0 Å². The van der Waals surface area contributed by atoms with Gasteiger partial charge in [-0.15, -0.1) is 0 Å². The van der Waals surface area contributed by atoms with Gasteiger partial charge in [-0.3, -0.25) is 4.79 Å². The molecule has 3 N–H and O–H groups in total. The lowest BCUT2D eigenvalue weighted by Crippen LogP contribution is -2.41. The molecule has 0 saturated carbocycles. The maximum Gasteiger partial charge on any atom is 0.237 e. The van der Waals surface area contributed by atoms with Gasteiger partial charge in [0.2, 0.25) is 5.91 Å². The number of amides is 1. The molecule has 1 saturated heterocycles. The lowest BCUT2D eigenvalue weighted by Gasteiger charge is -2.19. The van der Waals surface area contributed by atoms with Crippen molar-refractivity contribution in [1.82, 2.24) is 10.6 Å². The second-order valence-corrected chi connectivity index (χ2v) is 5.86. The van der Waals surface area contributed by atoms with Crippen LogP contribution in [0.2, 0.25) is 0 Å². The van der Waals surface area contributed by atoms with Gasteiger partial charge in [-0.25, -0.2) is 0 Å². The molecule has 1 amide bonds. The van der Waals surface area contributed by atoms with E-state index < -0.39 is 0 Å². The Labute approximate surface area is 125 Å². The largest absolute Gasteiger partial charge is 0.392 e. The van der Waals surface area contributed by atoms with E-state index in [-0.39, 0.29) is 18.1 Å². The lowest BCUT2D eigenvalue weighted by molar-refractivity contribution is -0.122. The van der Waals surface area contributed by atoms with Crippen LogP contribution < -0.4 is 15.5 Å². The first-order valence-electron chi connectivity index (χ1n) is 7.76. The molecule has 5 nitrogen and oxygen atoms in total. The van der Waals surface area contributed by atoms with Crippen molar-refractivity contribution in [3.05, 3.63) is 29.8 Å². The summed E-state index contributed by atoms with van der Waals surface area (Å²) in [6.07, 6.45) is 2.19. The molecule has 2 atom stereocenters. The van der Waals surface area contributed by atoms with Crippen LogP contribution in [0.3, 0.4) is 0 Å². The Morgan fingerprint density at radius 3 is 3.10 bits per heavy atom. The fourth-order valence-corrected chi connectivity index (χ4v) is 3.16. The second-order valence-electron chi connectivity index (χ2n) is 5.86. The van der Waals surface area contributed by atoms with E-state index in [1.807, 2.05) is 0 Å². The van der Waals surface area contributed by atoms with Crippen molar-refractivity contribution in [1.29, 1.82) is 0 Å². The second kappa shape index (κ2) is 6.45. The average Bonchev–Trinajstić information content (AvgIpc) is 3.10. The molecule has 0 spiro atoms. The number of fused-ring (bicyclic) bond motifs is 1. The Morgan fingerprint density at radius 2 is 2.29 bits per heavy atom. The summed E-state index contributed by atoms with van der Waals surface area (Å²) in [5.41, 5.74) is 2.76. The molecule has 1 aromatic carbocycles. The predicted molar refractivity (Wildman–Crippen MR) is 82.4 cm³/mol. The number of para-hydroxylation sites is 1. The minimum atomic E-state index is -0.387. The Morgan fingerprint density at radius 1 is 1.43 bits per heavy atom. The minimum absolute atomic E-state index is 0.00775. The number of aliphatic hydroxyl groups is 1. The minimum Gasteiger partial charge on any atom is -0.392 e. The Hall–Kier alpha value is -1.59. The van der Waals surface area contributed by atoms with Gasteiger partial charge in [0.25, 0.3) is 0 Å². The maximum atomic E-state index is 11.9. The lowest BCUT2D eigenvalue weighted by atomic mass is 10.2. The van der Waals surface area contributed by atoms with Crippen molar-refractivity contribution in [2.75, 3.05) is 31.1 Å². The molecule has 114 valence electrons. The van der Waals surface area contributed by atoms with Gasteiger partial charge in [0.05, 0.1) is 12.1 Å². The molecule has 2 aliphatic rings. The summed E-state index contributed by atoms with van der Waals surface area (Å²) in [5, 5.41) is 15.4. The summed E-state index contributed by atoms with van der Waals surface area (Å²) < 4.78 is 0. The number of carbonyl (C=O) groups excluding carboxylic acids is 1. The number of rotatable bonds is 5. The molecule has 0 radical (unpaired) electrons. The third-order valence-electron chi connectivity index (χ3n) is 4.31. The van der Waals surface area contributed by atoms with E-state index in [1.165, 1.54) is 11.3 Å². The maximum absolute atomic E-state index is 11.9. The number of β-amino-alcohol motifs (C(OH)–C–C–N with tert-alkyl or cyclic N) is 1. The zero-order valence-electron chi connectivity index (χ0n) is 12.2. The van der Waals surface area contributed by atoms with E-state index >= 15 is 0 Å². The zero-order chi connectivity index (χ0) is 14.7. The van der Waals surface area contributed by atoms with Crippen LogP contribution in [0, 0.1) is 0 Å². The molecule has 0 aromatic heterocycles. The number of anilines is 1. The molecular formula is C16H23N3O2. The number of nitrogens with zero attached hydrogens (tertiary/aromatic N) is 1. The molecule has 2 heterocycles. The molecule has 1 aromatic rings. The number of benzene rings is 1. The monoisotopic (exact) mass is 289 g/mol. The van der Waals surface area contributed by atoms with Crippen molar-refractivity contribution < 1.29 is 9.90 Å². The number of hydrogen-bond acceptors (Lipinski definition) is 4. The number of aliphatic hydroxyl groups excluding tert-OH is 1. The van der Waals surface area contributed by atoms with Gasteiger partial charge in [0, 0.05) is 31.9 Å². The highest BCUT2D eigenvalue weighted by Crippen LogP contribution is 2.27. The van der Waals surface area contributed by atoms with Gasteiger partial charge < -0.3 is 20.6 Å². The van der Waals surface area contributed by atoms with Gasteiger partial charge in [0.1, 0.15) is 0 Å². The van der Waals surface area contributed by atoms with E-state index in [9.17, 15) is 9.90 Å². The summed E-state index contributed by atoms with van der Waals surface area (Å²) in [4.78, 5) is 14.3. The van der Waals surface area contributed by atoms with Crippen LogP contribution in [0.15, 0.2) is 24.3 Å². The predicted octanol–water partition coefficient (Wildman–Crippen LogP) is 0.278. The quantitative estimate of drug-likeness (QED) is 0.681. The van der Waals surface area contributed by atoms with Crippen molar-refractivity contribution in [2.24, 2.45) is 0 Å². The first-order chi connectivity index (χ1) is 10.2.